The summed E-state index contributed by atoms with van der Waals surface area (Å²) in [6, 6.07) is 0.189. The molecule has 1 atom stereocenters. The Labute approximate surface area is 101 Å². The molecule has 1 aromatic heterocycles. The van der Waals surface area contributed by atoms with Gasteiger partial charge >= 0.3 is 5.97 Å². The van der Waals surface area contributed by atoms with E-state index in [2.05, 4.69) is 22.4 Å². The number of carboxylic acids is 1. The maximum Gasteiger partial charge on any atom is 0.339 e. The van der Waals surface area contributed by atoms with Crippen LogP contribution in [0, 0.1) is 13.8 Å². The molecular formula is C12H19N3O2. The Morgan fingerprint density at radius 3 is 2.59 bits per heavy atom. The molecule has 0 amide bonds. The number of hydrogen-bond acceptors (Lipinski definition) is 4. The summed E-state index contributed by atoms with van der Waals surface area (Å²) in [6.45, 7) is 7.60. The molecule has 0 saturated carbocycles. The van der Waals surface area contributed by atoms with Gasteiger partial charge in [0.05, 0.1) is 5.69 Å². The van der Waals surface area contributed by atoms with E-state index in [0.717, 1.165) is 12.8 Å². The molecular weight excluding hydrogens is 218 g/mol. The lowest BCUT2D eigenvalue weighted by atomic mass is 10.1. The first-order valence-corrected chi connectivity index (χ1v) is 5.81. The van der Waals surface area contributed by atoms with Crippen molar-refractivity contribution < 1.29 is 9.90 Å². The van der Waals surface area contributed by atoms with Gasteiger partial charge in [-0.25, -0.2) is 4.79 Å². The second-order valence-corrected chi connectivity index (χ2v) is 4.27. The van der Waals surface area contributed by atoms with Gasteiger partial charge in [-0.15, -0.1) is 5.10 Å². The Kier molecular flexibility index (Phi) is 4.43. The van der Waals surface area contributed by atoms with Gasteiger partial charge in [0.2, 0.25) is 0 Å². The van der Waals surface area contributed by atoms with Crippen molar-refractivity contribution >= 4 is 11.8 Å². The number of carbonyl (C=O) groups is 1. The molecule has 1 rings (SSSR count). The molecule has 0 aromatic carbocycles. The van der Waals surface area contributed by atoms with Crippen LogP contribution in [0.5, 0.6) is 0 Å². The quantitative estimate of drug-likeness (QED) is 0.822. The van der Waals surface area contributed by atoms with Crippen LogP contribution in [-0.2, 0) is 0 Å². The highest BCUT2D eigenvalue weighted by molar-refractivity contribution is 5.94. The second kappa shape index (κ2) is 5.61. The number of aromatic carboxylic acids is 1. The zero-order valence-corrected chi connectivity index (χ0v) is 10.7. The molecule has 2 N–H and O–H groups in total. The minimum absolute atomic E-state index is 0.189. The lowest BCUT2D eigenvalue weighted by Crippen LogP contribution is -2.20. The van der Waals surface area contributed by atoms with Crippen LogP contribution >= 0.6 is 0 Å². The van der Waals surface area contributed by atoms with Gasteiger partial charge in [0.25, 0.3) is 0 Å². The van der Waals surface area contributed by atoms with Crippen LogP contribution in [-0.4, -0.2) is 27.3 Å². The summed E-state index contributed by atoms with van der Waals surface area (Å²) < 4.78 is 0. The Balaban J connectivity index is 3.07. The number of nitrogens with one attached hydrogen (secondary N) is 1. The Morgan fingerprint density at radius 1 is 1.41 bits per heavy atom. The molecule has 1 unspecified atom stereocenters. The van der Waals surface area contributed by atoms with E-state index in [1.54, 1.807) is 13.8 Å². The third kappa shape index (κ3) is 3.15. The third-order valence-corrected chi connectivity index (χ3v) is 2.77. The maximum atomic E-state index is 11.2. The van der Waals surface area contributed by atoms with Gasteiger partial charge in [0, 0.05) is 6.04 Å². The van der Waals surface area contributed by atoms with Crippen LogP contribution in [0.2, 0.25) is 0 Å². The Morgan fingerprint density at radius 2 is 2.06 bits per heavy atom. The topological polar surface area (TPSA) is 75.1 Å². The predicted molar refractivity (Wildman–Crippen MR) is 66.5 cm³/mol. The summed E-state index contributed by atoms with van der Waals surface area (Å²) in [7, 11) is 0. The smallest absolute Gasteiger partial charge is 0.339 e. The summed E-state index contributed by atoms with van der Waals surface area (Å²) in [4.78, 5) is 11.2. The monoisotopic (exact) mass is 237 g/mol. The molecule has 0 saturated heterocycles. The van der Waals surface area contributed by atoms with Crippen molar-refractivity contribution in [1.29, 1.82) is 0 Å². The molecule has 0 aliphatic carbocycles. The zero-order chi connectivity index (χ0) is 13.0. The fourth-order valence-corrected chi connectivity index (χ4v) is 1.71. The molecule has 0 fully saturated rings. The summed E-state index contributed by atoms with van der Waals surface area (Å²) in [5.41, 5.74) is 1.54. The largest absolute Gasteiger partial charge is 0.478 e. The summed E-state index contributed by atoms with van der Waals surface area (Å²) >= 11 is 0. The van der Waals surface area contributed by atoms with Gasteiger partial charge in [0.15, 0.2) is 5.82 Å². The van der Waals surface area contributed by atoms with E-state index in [-0.39, 0.29) is 11.6 Å². The zero-order valence-electron chi connectivity index (χ0n) is 10.7. The minimum atomic E-state index is -0.966. The van der Waals surface area contributed by atoms with E-state index in [0.29, 0.717) is 17.1 Å². The number of hydrogen-bond donors (Lipinski definition) is 2. The first kappa shape index (κ1) is 13.4. The van der Waals surface area contributed by atoms with E-state index >= 15 is 0 Å². The summed E-state index contributed by atoms with van der Waals surface area (Å²) in [5, 5.41) is 20.2. The van der Waals surface area contributed by atoms with Crippen molar-refractivity contribution in [3.05, 3.63) is 16.8 Å². The standard InChI is InChI=1S/C12H19N3O2/c1-5-6-7(2)13-11-10(12(16)17)8(3)9(4)14-15-11/h7H,5-6H2,1-4H3,(H,13,15)(H,16,17). The highest BCUT2D eigenvalue weighted by Gasteiger charge is 2.18. The Bertz CT molecular complexity index is 418. The average molecular weight is 237 g/mol. The van der Waals surface area contributed by atoms with E-state index in [1.807, 2.05) is 6.92 Å². The van der Waals surface area contributed by atoms with Gasteiger partial charge in [-0.2, -0.15) is 5.10 Å². The van der Waals surface area contributed by atoms with Crippen LogP contribution < -0.4 is 5.32 Å². The molecule has 94 valence electrons. The van der Waals surface area contributed by atoms with Crippen molar-refractivity contribution in [2.24, 2.45) is 0 Å². The molecule has 0 aliphatic heterocycles. The van der Waals surface area contributed by atoms with Crippen LogP contribution in [0.25, 0.3) is 0 Å². The fourth-order valence-electron chi connectivity index (χ4n) is 1.71. The Hall–Kier alpha value is -1.65. The lowest BCUT2D eigenvalue weighted by Gasteiger charge is -2.16. The third-order valence-electron chi connectivity index (χ3n) is 2.77. The van der Waals surface area contributed by atoms with Gasteiger partial charge in [-0.05, 0) is 32.8 Å². The van der Waals surface area contributed by atoms with Crippen molar-refractivity contribution in [2.75, 3.05) is 5.32 Å². The summed E-state index contributed by atoms with van der Waals surface area (Å²) in [6.07, 6.45) is 2.00. The van der Waals surface area contributed by atoms with Crippen LogP contribution in [0.3, 0.4) is 0 Å². The van der Waals surface area contributed by atoms with E-state index in [4.69, 9.17) is 0 Å². The normalized spacial score (nSPS) is 12.2. The maximum absolute atomic E-state index is 11.2. The minimum Gasteiger partial charge on any atom is -0.478 e. The molecule has 1 aromatic rings. The molecule has 0 bridgehead atoms. The molecule has 5 nitrogen and oxygen atoms in total. The van der Waals surface area contributed by atoms with Crippen molar-refractivity contribution in [2.45, 2.75) is 46.6 Å². The van der Waals surface area contributed by atoms with Crippen molar-refractivity contribution in [3.8, 4) is 0 Å². The molecule has 1 heterocycles. The van der Waals surface area contributed by atoms with Gasteiger partial charge in [0.1, 0.15) is 5.56 Å². The molecule has 0 radical (unpaired) electrons. The number of aromatic nitrogens is 2. The number of carboxylic acid groups (broad SMARTS) is 1. The molecule has 5 heteroatoms. The van der Waals surface area contributed by atoms with E-state index in [9.17, 15) is 9.90 Å². The highest BCUT2D eigenvalue weighted by atomic mass is 16.4. The van der Waals surface area contributed by atoms with Gasteiger partial charge < -0.3 is 10.4 Å². The first-order valence-electron chi connectivity index (χ1n) is 5.81. The average Bonchev–Trinajstić information content (AvgIpc) is 2.23. The lowest BCUT2D eigenvalue weighted by molar-refractivity contribution is 0.0696. The van der Waals surface area contributed by atoms with E-state index in [1.165, 1.54) is 0 Å². The fraction of sp³-hybridized carbons (Fsp3) is 0.583. The SMILES string of the molecule is CCCC(C)Nc1nnc(C)c(C)c1C(=O)O. The van der Waals surface area contributed by atoms with Crippen molar-refractivity contribution in [3.63, 3.8) is 0 Å². The van der Waals surface area contributed by atoms with Crippen molar-refractivity contribution in [1.82, 2.24) is 10.2 Å². The van der Waals surface area contributed by atoms with Gasteiger partial charge in [-0.3, -0.25) is 0 Å². The number of rotatable bonds is 5. The van der Waals surface area contributed by atoms with Crippen LogP contribution in [0.15, 0.2) is 0 Å². The van der Waals surface area contributed by atoms with Crippen LogP contribution in [0.4, 0.5) is 5.82 Å². The second-order valence-electron chi connectivity index (χ2n) is 4.27. The molecule has 17 heavy (non-hydrogen) atoms. The van der Waals surface area contributed by atoms with Crippen LogP contribution in [0.1, 0.15) is 48.3 Å². The highest BCUT2D eigenvalue weighted by Crippen LogP contribution is 2.19. The summed E-state index contributed by atoms with van der Waals surface area (Å²) in [5.74, 6) is -0.603. The number of aryl methyl sites for hydroxylation is 1. The number of nitrogens with zero attached hydrogens (tertiary/aromatic N) is 2. The van der Waals surface area contributed by atoms with Gasteiger partial charge in [-0.1, -0.05) is 13.3 Å². The molecule has 0 aliphatic rings. The first-order chi connectivity index (χ1) is 7.97. The van der Waals surface area contributed by atoms with E-state index < -0.39 is 5.97 Å². The number of anilines is 1. The predicted octanol–water partition coefficient (Wildman–Crippen LogP) is 2.39. The molecule has 0 spiro atoms.